The van der Waals surface area contributed by atoms with Gasteiger partial charge in [-0.05, 0) is 36.8 Å². The van der Waals surface area contributed by atoms with Crippen LogP contribution in [0, 0.1) is 0 Å². The lowest BCUT2D eigenvalue weighted by Crippen LogP contribution is -2.24. The minimum absolute atomic E-state index is 0.131. The van der Waals surface area contributed by atoms with Gasteiger partial charge in [-0.25, -0.2) is 8.78 Å². The molecule has 0 radical (unpaired) electrons. The summed E-state index contributed by atoms with van der Waals surface area (Å²) in [4.78, 5) is 2.33. The van der Waals surface area contributed by atoms with Gasteiger partial charge in [-0.1, -0.05) is 11.2 Å². The van der Waals surface area contributed by atoms with E-state index in [2.05, 4.69) is 10.0 Å². The summed E-state index contributed by atoms with van der Waals surface area (Å²) < 4.78 is 26.3. The maximum atomic E-state index is 13.2. The standard InChI is InChI=1S/C8H11F2N3/c9-8(10,6-12-13-11)7-4-2-1-3-5-7/h4H,1-3,5-6H2. The Labute approximate surface area is 75.1 Å². The third-order valence-electron chi connectivity index (χ3n) is 2.09. The largest absolute Gasteiger partial charge is 0.275 e. The van der Waals surface area contributed by atoms with Crippen molar-refractivity contribution in [2.24, 2.45) is 5.11 Å². The molecule has 0 aromatic heterocycles. The third kappa shape index (κ3) is 2.70. The molecule has 0 saturated heterocycles. The molecule has 0 fully saturated rings. The van der Waals surface area contributed by atoms with Gasteiger partial charge in [-0.2, -0.15) is 0 Å². The predicted octanol–water partition coefficient (Wildman–Crippen LogP) is 3.43. The number of nitrogens with zero attached hydrogens (tertiary/aromatic N) is 3. The summed E-state index contributed by atoms with van der Waals surface area (Å²) >= 11 is 0. The van der Waals surface area contributed by atoms with E-state index in [9.17, 15) is 8.78 Å². The SMILES string of the molecule is [N-]=[N+]=NCC(F)(F)C1=CCCCC1. The van der Waals surface area contributed by atoms with Crippen LogP contribution in [-0.4, -0.2) is 12.5 Å². The van der Waals surface area contributed by atoms with Crippen LogP contribution < -0.4 is 0 Å². The van der Waals surface area contributed by atoms with E-state index < -0.39 is 12.5 Å². The minimum Gasteiger partial charge on any atom is -0.202 e. The molecule has 0 saturated carbocycles. The lowest BCUT2D eigenvalue weighted by Gasteiger charge is -2.20. The molecular formula is C8H11F2N3. The number of hydrogen-bond acceptors (Lipinski definition) is 1. The van der Waals surface area contributed by atoms with Crippen LogP contribution in [0.15, 0.2) is 16.8 Å². The average Bonchev–Trinajstić information content (AvgIpc) is 2.16. The normalized spacial score (nSPS) is 17.5. The number of halogens is 2. The Morgan fingerprint density at radius 3 is 2.85 bits per heavy atom. The first-order valence-corrected chi connectivity index (χ1v) is 4.25. The highest BCUT2D eigenvalue weighted by Gasteiger charge is 2.33. The number of allylic oxidation sites excluding steroid dienone is 1. The molecule has 1 aliphatic rings. The van der Waals surface area contributed by atoms with E-state index in [1.54, 1.807) is 6.08 Å². The molecule has 0 aliphatic heterocycles. The van der Waals surface area contributed by atoms with E-state index in [0.717, 1.165) is 12.8 Å². The lowest BCUT2D eigenvalue weighted by atomic mass is 9.95. The van der Waals surface area contributed by atoms with Crippen molar-refractivity contribution < 1.29 is 8.78 Å². The van der Waals surface area contributed by atoms with Crippen LogP contribution in [0.25, 0.3) is 10.4 Å². The Hall–Kier alpha value is -1.09. The summed E-state index contributed by atoms with van der Waals surface area (Å²) in [6, 6.07) is 0. The van der Waals surface area contributed by atoms with Gasteiger partial charge in [-0.15, -0.1) is 0 Å². The van der Waals surface area contributed by atoms with E-state index in [1.165, 1.54) is 0 Å². The van der Waals surface area contributed by atoms with E-state index in [0.29, 0.717) is 12.8 Å². The van der Waals surface area contributed by atoms with Crippen molar-refractivity contribution in [3.63, 3.8) is 0 Å². The van der Waals surface area contributed by atoms with E-state index in [4.69, 9.17) is 5.53 Å². The minimum atomic E-state index is -2.94. The van der Waals surface area contributed by atoms with Crippen molar-refractivity contribution in [2.45, 2.75) is 31.6 Å². The van der Waals surface area contributed by atoms with Gasteiger partial charge in [-0.3, -0.25) is 0 Å². The monoisotopic (exact) mass is 187 g/mol. The van der Waals surface area contributed by atoms with Crippen LogP contribution in [0.3, 0.4) is 0 Å². The molecule has 0 aromatic carbocycles. The number of alkyl halides is 2. The molecule has 1 aliphatic carbocycles. The second kappa shape index (κ2) is 4.23. The van der Waals surface area contributed by atoms with Gasteiger partial charge in [0.1, 0.15) is 0 Å². The van der Waals surface area contributed by atoms with Gasteiger partial charge in [0.25, 0.3) is 5.92 Å². The van der Waals surface area contributed by atoms with Crippen LogP contribution in [0.5, 0.6) is 0 Å². The van der Waals surface area contributed by atoms with Crippen molar-refractivity contribution in [2.75, 3.05) is 6.54 Å². The zero-order valence-electron chi connectivity index (χ0n) is 7.21. The summed E-state index contributed by atoms with van der Waals surface area (Å²) in [7, 11) is 0. The second-order valence-corrected chi connectivity index (χ2v) is 3.07. The molecule has 3 nitrogen and oxygen atoms in total. The van der Waals surface area contributed by atoms with Crippen molar-refractivity contribution in [1.29, 1.82) is 0 Å². The average molecular weight is 187 g/mol. The van der Waals surface area contributed by atoms with Crippen LogP contribution >= 0.6 is 0 Å². The first-order chi connectivity index (χ1) is 6.17. The Balaban J connectivity index is 2.66. The van der Waals surface area contributed by atoms with Crippen molar-refractivity contribution >= 4 is 0 Å². The Morgan fingerprint density at radius 2 is 2.31 bits per heavy atom. The molecular weight excluding hydrogens is 176 g/mol. The molecule has 0 N–H and O–H groups in total. The van der Waals surface area contributed by atoms with Crippen LogP contribution in [0.2, 0.25) is 0 Å². The molecule has 0 bridgehead atoms. The van der Waals surface area contributed by atoms with Crippen molar-refractivity contribution in [3.8, 4) is 0 Å². The molecule has 0 aromatic rings. The first-order valence-electron chi connectivity index (χ1n) is 4.25. The Kier molecular flexibility index (Phi) is 3.25. The van der Waals surface area contributed by atoms with E-state index >= 15 is 0 Å². The van der Waals surface area contributed by atoms with Crippen molar-refractivity contribution in [3.05, 3.63) is 22.1 Å². The highest BCUT2D eigenvalue weighted by atomic mass is 19.3. The Bertz CT molecular complexity index is 254. The van der Waals surface area contributed by atoms with E-state index in [1.807, 2.05) is 0 Å². The van der Waals surface area contributed by atoms with Crippen LogP contribution in [-0.2, 0) is 0 Å². The Morgan fingerprint density at radius 1 is 1.54 bits per heavy atom. The fourth-order valence-corrected chi connectivity index (χ4v) is 1.39. The quantitative estimate of drug-likeness (QED) is 0.281. The maximum Gasteiger partial charge on any atom is 0.275 e. The molecule has 0 spiro atoms. The fraction of sp³-hybridized carbons (Fsp3) is 0.750. The number of azide groups is 1. The summed E-state index contributed by atoms with van der Waals surface area (Å²) in [5.74, 6) is -2.94. The number of hydrogen-bond donors (Lipinski definition) is 0. The first kappa shape index (κ1) is 9.99. The van der Waals surface area contributed by atoms with Crippen molar-refractivity contribution in [1.82, 2.24) is 0 Å². The zero-order chi connectivity index (χ0) is 9.73. The zero-order valence-corrected chi connectivity index (χ0v) is 7.21. The van der Waals surface area contributed by atoms with Gasteiger partial charge in [0.2, 0.25) is 0 Å². The highest BCUT2D eigenvalue weighted by molar-refractivity contribution is 5.15. The number of rotatable bonds is 3. The van der Waals surface area contributed by atoms with Crippen LogP contribution in [0.4, 0.5) is 8.78 Å². The molecule has 72 valence electrons. The van der Waals surface area contributed by atoms with E-state index in [-0.39, 0.29) is 5.57 Å². The molecule has 13 heavy (non-hydrogen) atoms. The molecule has 0 amide bonds. The second-order valence-electron chi connectivity index (χ2n) is 3.07. The lowest BCUT2D eigenvalue weighted by molar-refractivity contribution is 0.0462. The highest BCUT2D eigenvalue weighted by Crippen LogP contribution is 2.32. The summed E-state index contributed by atoms with van der Waals surface area (Å²) in [5, 5.41) is 2.91. The molecule has 5 heteroatoms. The smallest absolute Gasteiger partial charge is 0.202 e. The van der Waals surface area contributed by atoms with Gasteiger partial charge in [0.05, 0.1) is 6.54 Å². The van der Waals surface area contributed by atoms with Gasteiger partial charge in [0, 0.05) is 4.91 Å². The fourth-order valence-electron chi connectivity index (χ4n) is 1.39. The summed E-state index contributed by atoms with van der Waals surface area (Å²) in [5.41, 5.74) is 8.06. The molecule has 1 rings (SSSR count). The molecule has 0 heterocycles. The predicted molar refractivity (Wildman–Crippen MR) is 45.5 cm³/mol. The van der Waals surface area contributed by atoms with Gasteiger partial charge in [0.15, 0.2) is 0 Å². The van der Waals surface area contributed by atoms with Gasteiger partial charge < -0.3 is 0 Å². The maximum absolute atomic E-state index is 13.2. The van der Waals surface area contributed by atoms with Gasteiger partial charge >= 0.3 is 0 Å². The molecule has 0 atom stereocenters. The topological polar surface area (TPSA) is 48.8 Å². The summed E-state index contributed by atoms with van der Waals surface area (Å²) in [6.07, 6.45) is 4.48. The third-order valence-corrected chi connectivity index (χ3v) is 2.09. The molecule has 0 unspecified atom stereocenters. The van der Waals surface area contributed by atoms with Crippen LogP contribution in [0.1, 0.15) is 25.7 Å². The summed E-state index contributed by atoms with van der Waals surface area (Å²) in [6.45, 7) is -0.755.